The topological polar surface area (TPSA) is 39.2 Å². The molecule has 3 nitrogen and oxygen atoms in total. The molecule has 1 heterocycles. The van der Waals surface area contributed by atoms with E-state index in [1.165, 1.54) is 18.2 Å². The number of ketones is 1. The smallest absolute Gasteiger partial charge is 0.416 e. The molecule has 0 unspecified atom stereocenters. The van der Waals surface area contributed by atoms with Gasteiger partial charge in [0.15, 0.2) is 5.78 Å². The Morgan fingerprint density at radius 1 is 1.23 bits per heavy atom. The summed E-state index contributed by atoms with van der Waals surface area (Å²) >= 11 is 0. The molecule has 0 fully saturated rings. The summed E-state index contributed by atoms with van der Waals surface area (Å²) in [5.41, 5.74) is 1.19. The van der Waals surface area contributed by atoms with E-state index in [0.29, 0.717) is 18.1 Å². The Balaban J connectivity index is 1.76. The molecule has 1 aliphatic carbocycles. The molecule has 1 aromatic carbocycles. The zero-order valence-corrected chi connectivity index (χ0v) is 14.1. The number of ether oxygens (including phenoxy) is 1. The van der Waals surface area contributed by atoms with Crippen LogP contribution in [0.15, 0.2) is 49.1 Å². The van der Waals surface area contributed by atoms with Crippen LogP contribution >= 0.6 is 0 Å². The molecule has 26 heavy (non-hydrogen) atoms. The number of carbonyl (C=O) groups excluding carboxylic acids is 1. The molecule has 0 spiro atoms. The maximum atomic E-state index is 12.6. The Morgan fingerprint density at radius 3 is 2.62 bits per heavy atom. The molecule has 0 saturated heterocycles. The standard InChI is InChI=1S/C20H18F3NO2/c1-2-15(25)12-13-4-3-5-18-17(13)10-11-19(24-18)26-16-8-6-14(7-9-16)20(21,22)23/h2,6-11,13H,1,3-5,12H2/t13-/m0/s1. The third-order valence-electron chi connectivity index (χ3n) is 4.47. The Kier molecular flexibility index (Phi) is 5.11. The van der Waals surface area contributed by atoms with Gasteiger partial charge in [0, 0.05) is 18.2 Å². The number of aromatic nitrogens is 1. The molecule has 0 radical (unpaired) electrons. The number of allylic oxidation sites excluding steroid dienone is 1. The minimum absolute atomic E-state index is 0.00734. The van der Waals surface area contributed by atoms with E-state index < -0.39 is 11.7 Å². The second-order valence-corrected chi connectivity index (χ2v) is 6.27. The van der Waals surface area contributed by atoms with E-state index >= 15 is 0 Å². The van der Waals surface area contributed by atoms with Gasteiger partial charge in [0.05, 0.1) is 5.56 Å². The van der Waals surface area contributed by atoms with Gasteiger partial charge in [0.2, 0.25) is 5.88 Å². The maximum Gasteiger partial charge on any atom is 0.416 e. The molecule has 1 aliphatic rings. The van der Waals surface area contributed by atoms with Gasteiger partial charge in [-0.25, -0.2) is 4.98 Å². The number of hydrogen-bond acceptors (Lipinski definition) is 3. The van der Waals surface area contributed by atoms with E-state index in [-0.39, 0.29) is 11.7 Å². The summed E-state index contributed by atoms with van der Waals surface area (Å²) in [4.78, 5) is 16.1. The first-order chi connectivity index (χ1) is 12.4. The average Bonchev–Trinajstić information content (AvgIpc) is 2.61. The summed E-state index contributed by atoms with van der Waals surface area (Å²) in [6.07, 6.45) is 0.0199. The number of fused-ring (bicyclic) bond motifs is 1. The maximum absolute atomic E-state index is 12.6. The van der Waals surface area contributed by atoms with Crippen LogP contribution in [0.3, 0.4) is 0 Å². The van der Waals surface area contributed by atoms with E-state index in [1.807, 2.05) is 6.07 Å². The largest absolute Gasteiger partial charge is 0.439 e. The van der Waals surface area contributed by atoms with Crippen molar-refractivity contribution in [3.63, 3.8) is 0 Å². The first kappa shape index (κ1) is 18.2. The molecule has 6 heteroatoms. The number of hydrogen-bond donors (Lipinski definition) is 0. The summed E-state index contributed by atoms with van der Waals surface area (Å²) in [5.74, 6) is 0.753. The van der Waals surface area contributed by atoms with E-state index in [1.54, 1.807) is 6.07 Å². The summed E-state index contributed by atoms with van der Waals surface area (Å²) < 4.78 is 43.4. The molecule has 2 aromatic rings. The second kappa shape index (κ2) is 7.32. The first-order valence-corrected chi connectivity index (χ1v) is 8.37. The van der Waals surface area contributed by atoms with Crippen molar-refractivity contribution in [1.82, 2.24) is 4.98 Å². The van der Waals surface area contributed by atoms with Crippen LogP contribution in [0, 0.1) is 0 Å². The lowest BCUT2D eigenvalue weighted by molar-refractivity contribution is -0.137. The van der Waals surface area contributed by atoms with Gasteiger partial charge < -0.3 is 4.74 Å². The number of nitrogens with zero attached hydrogens (tertiary/aromatic N) is 1. The number of aryl methyl sites for hydroxylation is 1. The van der Waals surface area contributed by atoms with Gasteiger partial charge in [0.1, 0.15) is 5.75 Å². The Labute approximate surface area is 149 Å². The summed E-state index contributed by atoms with van der Waals surface area (Å²) in [6.45, 7) is 3.51. The minimum atomic E-state index is -4.37. The van der Waals surface area contributed by atoms with Crippen molar-refractivity contribution in [3.8, 4) is 11.6 Å². The predicted octanol–water partition coefficient (Wildman–Crippen LogP) is 5.46. The highest BCUT2D eigenvalue weighted by Crippen LogP contribution is 2.35. The molecule has 136 valence electrons. The van der Waals surface area contributed by atoms with Crippen molar-refractivity contribution < 1.29 is 22.7 Å². The molecule has 1 atom stereocenters. The normalized spacial score (nSPS) is 16.7. The van der Waals surface area contributed by atoms with E-state index in [0.717, 1.165) is 42.7 Å². The highest BCUT2D eigenvalue weighted by molar-refractivity contribution is 5.89. The van der Waals surface area contributed by atoms with Gasteiger partial charge in [-0.15, -0.1) is 0 Å². The van der Waals surface area contributed by atoms with Crippen LogP contribution in [0.5, 0.6) is 11.6 Å². The van der Waals surface area contributed by atoms with Gasteiger partial charge in [-0.2, -0.15) is 13.2 Å². The number of rotatable bonds is 5. The molecule has 3 rings (SSSR count). The molecule has 0 aliphatic heterocycles. The van der Waals surface area contributed by atoms with Gasteiger partial charge >= 0.3 is 6.18 Å². The van der Waals surface area contributed by atoms with Crippen molar-refractivity contribution in [3.05, 3.63) is 65.9 Å². The number of benzene rings is 1. The van der Waals surface area contributed by atoms with Crippen LogP contribution in [0.2, 0.25) is 0 Å². The zero-order chi connectivity index (χ0) is 18.7. The van der Waals surface area contributed by atoms with Gasteiger partial charge in [0.25, 0.3) is 0 Å². The number of alkyl halides is 3. The lowest BCUT2D eigenvalue weighted by Crippen LogP contribution is -2.14. The van der Waals surface area contributed by atoms with Gasteiger partial charge in [-0.05, 0) is 61.1 Å². The Morgan fingerprint density at radius 2 is 1.96 bits per heavy atom. The average molecular weight is 361 g/mol. The number of halogens is 3. The van der Waals surface area contributed by atoms with Crippen LogP contribution < -0.4 is 4.74 Å². The molecule has 1 aromatic heterocycles. The first-order valence-electron chi connectivity index (χ1n) is 8.37. The quantitative estimate of drug-likeness (QED) is 0.664. The number of carbonyl (C=O) groups is 1. The lowest BCUT2D eigenvalue weighted by Gasteiger charge is -2.24. The van der Waals surface area contributed by atoms with Crippen molar-refractivity contribution in [2.75, 3.05) is 0 Å². The van der Waals surface area contributed by atoms with E-state index in [4.69, 9.17) is 4.74 Å². The summed E-state index contributed by atoms with van der Waals surface area (Å²) in [5, 5.41) is 0. The fourth-order valence-corrected chi connectivity index (χ4v) is 3.16. The van der Waals surface area contributed by atoms with Crippen LogP contribution in [0.4, 0.5) is 13.2 Å². The third-order valence-corrected chi connectivity index (χ3v) is 4.47. The molecule has 0 saturated carbocycles. The fourth-order valence-electron chi connectivity index (χ4n) is 3.16. The summed E-state index contributed by atoms with van der Waals surface area (Å²) in [6, 6.07) is 8.08. The SMILES string of the molecule is C=CC(=O)C[C@@H]1CCCc2nc(Oc3ccc(C(F)(F)F)cc3)ccc21. The second-order valence-electron chi connectivity index (χ2n) is 6.27. The van der Waals surface area contributed by atoms with Crippen LogP contribution in [-0.4, -0.2) is 10.8 Å². The van der Waals surface area contributed by atoms with Crippen molar-refractivity contribution in [1.29, 1.82) is 0 Å². The molecular formula is C20H18F3NO2. The van der Waals surface area contributed by atoms with Gasteiger partial charge in [-0.1, -0.05) is 12.6 Å². The molecule has 0 amide bonds. The van der Waals surface area contributed by atoms with Crippen LogP contribution in [0.1, 0.15) is 42.0 Å². The third kappa shape index (κ3) is 4.12. The van der Waals surface area contributed by atoms with E-state index in [2.05, 4.69) is 11.6 Å². The van der Waals surface area contributed by atoms with Gasteiger partial charge in [-0.3, -0.25) is 4.79 Å². The van der Waals surface area contributed by atoms with Crippen molar-refractivity contribution in [2.24, 2.45) is 0 Å². The number of pyridine rings is 1. The minimum Gasteiger partial charge on any atom is -0.439 e. The molecule has 0 bridgehead atoms. The Hall–Kier alpha value is -2.63. The fraction of sp³-hybridized carbons (Fsp3) is 0.300. The Bertz CT molecular complexity index is 813. The van der Waals surface area contributed by atoms with E-state index in [9.17, 15) is 18.0 Å². The van der Waals surface area contributed by atoms with Crippen molar-refractivity contribution in [2.45, 2.75) is 37.8 Å². The summed E-state index contributed by atoms with van der Waals surface area (Å²) in [7, 11) is 0. The van der Waals surface area contributed by atoms with Crippen molar-refractivity contribution >= 4 is 5.78 Å². The molecule has 0 N–H and O–H groups in total. The van der Waals surface area contributed by atoms with Crippen LogP contribution in [-0.2, 0) is 17.4 Å². The molecular weight excluding hydrogens is 343 g/mol. The predicted molar refractivity (Wildman–Crippen MR) is 91.3 cm³/mol. The van der Waals surface area contributed by atoms with Crippen LogP contribution in [0.25, 0.3) is 0 Å². The highest BCUT2D eigenvalue weighted by Gasteiger charge is 2.30. The highest BCUT2D eigenvalue weighted by atomic mass is 19.4. The lowest BCUT2D eigenvalue weighted by atomic mass is 9.82. The zero-order valence-electron chi connectivity index (χ0n) is 14.1. The monoisotopic (exact) mass is 361 g/mol.